The Kier molecular flexibility index (Phi) is 15.9. The summed E-state index contributed by atoms with van der Waals surface area (Å²) in [6.45, 7) is 13.3. The highest BCUT2D eigenvalue weighted by molar-refractivity contribution is 5.68. The van der Waals surface area contributed by atoms with Crippen molar-refractivity contribution in [1.29, 1.82) is 0 Å². The lowest BCUT2D eigenvalue weighted by Crippen LogP contribution is -2.67. The summed E-state index contributed by atoms with van der Waals surface area (Å²) in [6, 6.07) is -1.37. The lowest BCUT2D eigenvalue weighted by Gasteiger charge is -2.51. The third-order valence-electron chi connectivity index (χ3n) is 9.55. The molecule has 16 atom stereocenters. The maximum atomic E-state index is 12.5. The first-order valence-electron chi connectivity index (χ1n) is 18.0. The number of rotatable bonds is 12. The Labute approximate surface area is 305 Å². The van der Waals surface area contributed by atoms with Gasteiger partial charge in [-0.1, -0.05) is 13.8 Å². The highest BCUT2D eigenvalue weighted by Gasteiger charge is 2.55. The number of ether oxygens (including phenoxy) is 5. The number of aliphatic hydroxyl groups excluding tert-OH is 8. The molecule has 0 radical (unpaired) electrons. The summed E-state index contributed by atoms with van der Waals surface area (Å²) in [7, 11) is 0. The fourth-order valence-electron chi connectivity index (χ4n) is 7.09. The lowest BCUT2D eigenvalue weighted by atomic mass is 9.67. The van der Waals surface area contributed by atoms with Gasteiger partial charge in [0.1, 0.15) is 47.8 Å². The van der Waals surface area contributed by atoms with Crippen molar-refractivity contribution < 1.29 is 74.1 Å². The molecule has 18 heteroatoms. The average molecular weight is 754 g/mol. The molecule has 52 heavy (non-hydrogen) atoms. The second-order valence-electron chi connectivity index (χ2n) is 16.4. The van der Waals surface area contributed by atoms with Crippen molar-refractivity contribution >= 4 is 12.2 Å². The monoisotopic (exact) mass is 753 g/mol. The van der Waals surface area contributed by atoms with Crippen molar-refractivity contribution in [1.82, 2.24) is 16.0 Å². The molecule has 0 spiro atoms. The van der Waals surface area contributed by atoms with Gasteiger partial charge in [-0.2, -0.15) is 0 Å². The zero-order chi connectivity index (χ0) is 39.3. The van der Waals surface area contributed by atoms with Crippen LogP contribution in [0.5, 0.6) is 0 Å². The second-order valence-corrected chi connectivity index (χ2v) is 16.4. The van der Waals surface area contributed by atoms with Gasteiger partial charge in [0.2, 0.25) is 0 Å². The van der Waals surface area contributed by atoms with E-state index < -0.39 is 115 Å². The lowest BCUT2D eigenvalue weighted by molar-refractivity contribution is -0.317. The third kappa shape index (κ3) is 12.0. The van der Waals surface area contributed by atoms with Crippen molar-refractivity contribution in [3.05, 3.63) is 0 Å². The van der Waals surface area contributed by atoms with Crippen LogP contribution in [0, 0.1) is 17.8 Å². The van der Waals surface area contributed by atoms with E-state index in [0.29, 0.717) is 6.42 Å². The fraction of sp³-hybridized carbons (Fsp3) is 0.941. The van der Waals surface area contributed by atoms with Crippen LogP contribution in [-0.2, 0) is 23.7 Å². The van der Waals surface area contributed by atoms with E-state index in [1.807, 2.05) is 13.8 Å². The van der Waals surface area contributed by atoms with Gasteiger partial charge in [-0.15, -0.1) is 0 Å². The molecule has 3 fully saturated rings. The largest absolute Gasteiger partial charge is 0.444 e. The standard InChI is InChI=1S/C34H63N3O15/c1-15-11-16(2)28(50-30-25(43)21(22(40)19(14-38)49-30)37-32(47)52-34(6,7)8)24(42)20(15)29-27(45)26(44)23(41)18(48-29)13-35-12-17(39)9-10-36-31(46)51-33(3,4)5/h15-30,35,38-45H,9-14H2,1-8H3,(H,36,46)(H,37,47). The molecule has 1 saturated carbocycles. The maximum Gasteiger partial charge on any atom is 0.408 e. The summed E-state index contributed by atoms with van der Waals surface area (Å²) in [5, 5.41) is 94.7. The molecule has 0 aromatic heterocycles. The predicted octanol–water partition coefficient (Wildman–Crippen LogP) is -1.93. The van der Waals surface area contributed by atoms with Crippen LogP contribution in [-0.4, -0.2) is 170 Å². The Bertz CT molecular complexity index is 1140. The molecule has 3 aliphatic rings. The summed E-state index contributed by atoms with van der Waals surface area (Å²) in [5.41, 5.74) is -1.54. The van der Waals surface area contributed by atoms with Crippen LogP contribution in [0.3, 0.4) is 0 Å². The van der Waals surface area contributed by atoms with Gasteiger partial charge >= 0.3 is 12.2 Å². The first-order valence-corrected chi connectivity index (χ1v) is 18.0. The molecule has 18 nitrogen and oxygen atoms in total. The summed E-state index contributed by atoms with van der Waals surface area (Å²) in [6.07, 6.45) is -17.1. The maximum absolute atomic E-state index is 12.5. The Morgan fingerprint density at radius 3 is 2.00 bits per heavy atom. The molecular formula is C34H63N3O15. The van der Waals surface area contributed by atoms with Gasteiger partial charge in [-0.05, 0) is 66.2 Å². The number of aliphatic hydroxyl groups is 8. The van der Waals surface area contributed by atoms with Gasteiger partial charge in [0.05, 0.1) is 43.2 Å². The molecule has 304 valence electrons. The number of amides is 2. The van der Waals surface area contributed by atoms with Crippen LogP contribution in [0.15, 0.2) is 0 Å². The number of hydrogen-bond acceptors (Lipinski definition) is 16. The zero-order valence-electron chi connectivity index (χ0n) is 31.4. The number of alkyl carbamates (subject to hydrolysis) is 2. The first kappa shape index (κ1) is 44.5. The molecular weight excluding hydrogens is 690 g/mol. The van der Waals surface area contributed by atoms with Crippen molar-refractivity contribution in [3.63, 3.8) is 0 Å². The summed E-state index contributed by atoms with van der Waals surface area (Å²) in [4.78, 5) is 24.4. The van der Waals surface area contributed by atoms with E-state index in [4.69, 9.17) is 23.7 Å². The van der Waals surface area contributed by atoms with E-state index in [-0.39, 0.29) is 37.9 Å². The SMILES string of the molecule is CC1CC(C)C(C2OC(CNCC(O)CCNC(=O)OC(C)(C)C)C(O)C(O)C2O)C(O)C1OC1OC(CO)C(O)C(NC(=O)OC(C)(C)C)C1O. The summed E-state index contributed by atoms with van der Waals surface area (Å²) >= 11 is 0. The molecule has 3 rings (SSSR count). The van der Waals surface area contributed by atoms with Crippen LogP contribution in [0.4, 0.5) is 9.59 Å². The second kappa shape index (κ2) is 18.6. The number of hydrogen-bond donors (Lipinski definition) is 11. The van der Waals surface area contributed by atoms with Crippen molar-refractivity contribution in [2.24, 2.45) is 17.8 Å². The van der Waals surface area contributed by atoms with E-state index in [2.05, 4.69) is 16.0 Å². The minimum absolute atomic E-state index is 0.0372. The van der Waals surface area contributed by atoms with Crippen LogP contribution in [0.2, 0.25) is 0 Å². The molecule has 1 aliphatic carbocycles. The topological polar surface area (TPSA) is 278 Å². The Morgan fingerprint density at radius 1 is 0.788 bits per heavy atom. The molecule has 2 saturated heterocycles. The Hall–Kier alpha value is -1.94. The van der Waals surface area contributed by atoms with E-state index >= 15 is 0 Å². The Balaban J connectivity index is 1.67. The van der Waals surface area contributed by atoms with Crippen LogP contribution < -0.4 is 16.0 Å². The molecule has 16 unspecified atom stereocenters. The highest BCUT2D eigenvalue weighted by atomic mass is 16.7. The predicted molar refractivity (Wildman–Crippen MR) is 183 cm³/mol. The van der Waals surface area contributed by atoms with E-state index in [0.717, 1.165) is 0 Å². The molecule has 2 heterocycles. The zero-order valence-corrected chi connectivity index (χ0v) is 31.4. The van der Waals surface area contributed by atoms with Crippen LogP contribution in [0.25, 0.3) is 0 Å². The smallest absolute Gasteiger partial charge is 0.408 e. The molecule has 2 aliphatic heterocycles. The molecule has 2 amide bonds. The molecule has 0 aromatic carbocycles. The molecule has 0 aromatic rings. The van der Waals surface area contributed by atoms with Crippen molar-refractivity contribution in [2.45, 2.75) is 159 Å². The number of carbonyl (C=O) groups is 2. The van der Waals surface area contributed by atoms with Crippen LogP contribution in [0.1, 0.15) is 68.2 Å². The number of nitrogens with one attached hydrogen (secondary N) is 3. The van der Waals surface area contributed by atoms with Gasteiger partial charge in [0.15, 0.2) is 6.29 Å². The number of carbonyl (C=O) groups excluding carboxylic acids is 2. The van der Waals surface area contributed by atoms with Crippen molar-refractivity contribution in [2.75, 3.05) is 26.2 Å². The molecule has 11 N–H and O–H groups in total. The third-order valence-corrected chi connectivity index (χ3v) is 9.55. The summed E-state index contributed by atoms with van der Waals surface area (Å²) in [5.74, 6) is -1.47. The van der Waals surface area contributed by atoms with Crippen LogP contribution >= 0.6 is 0 Å². The van der Waals surface area contributed by atoms with Gasteiger partial charge in [0, 0.05) is 25.6 Å². The van der Waals surface area contributed by atoms with Gasteiger partial charge < -0.3 is 80.5 Å². The minimum atomic E-state index is -1.66. The first-order chi connectivity index (χ1) is 24.0. The minimum Gasteiger partial charge on any atom is -0.444 e. The molecule has 0 bridgehead atoms. The quantitative estimate of drug-likeness (QED) is 0.104. The fourth-order valence-corrected chi connectivity index (χ4v) is 7.09. The van der Waals surface area contributed by atoms with Crippen molar-refractivity contribution in [3.8, 4) is 0 Å². The van der Waals surface area contributed by atoms with E-state index in [1.165, 1.54) is 0 Å². The van der Waals surface area contributed by atoms with Gasteiger partial charge in [0.25, 0.3) is 0 Å². The van der Waals surface area contributed by atoms with Gasteiger partial charge in [-0.3, -0.25) is 0 Å². The highest BCUT2D eigenvalue weighted by Crippen LogP contribution is 2.42. The van der Waals surface area contributed by atoms with E-state index in [1.54, 1.807) is 41.5 Å². The van der Waals surface area contributed by atoms with E-state index in [9.17, 15) is 50.4 Å². The van der Waals surface area contributed by atoms with Gasteiger partial charge in [-0.25, -0.2) is 9.59 Å². The normalized spacial score (nSPS) is 39.3. The Morgan fingerprint density at radius 2 is 1.40 bits per heavy atom. The average Bonchev–Trinajstić information content (AvgIpc) is 3.01. The summed E-state index contributed by atoms with van der Waals surface area (Å²) < 4.78 is 28.4.